The highest BCUT2D eigenvalue weighted by Crippen LogP contribution is 2.17. The van der Waals surface area contributed by atoms with E-state index in [1.165, 1.54) is 6.42 Å². The van der Waals surface area contributed by atoms with Gasteiger partial charge in [-0.05, 0) is 53.6 Å². The van der Waals surface area contributed by atoms with Gasteiger partial charge in [0.1, 0.15) is 17.5 Å². The summed E-state index contributed by atoms with van der Waals surface area (Å²) in [4.78, 5) is 11.3. The highest BCUT2D eigenvalue weighted by atomic mass is 15.1. The number of nitrogen functional groups attached to an aromatic ring is 1. The second kappa shape index (κ2) is 8.82. The fourth-order valence-corrected chi connectivity index (χ4v) is 2.04. The van der Waals surface area contributed by atoms with E-state index in [1.807, 2.05) is 6.92 Å². The van der Waals surface area contributed by atoms with E-state index in [4.69, 9.17) is 5.73 Å². The lowest BCUT2D eigenvalue weighted by atomic mass is 10.2. The number of aromatic nitrogens is 2. The fourth-order valence-electron chi connectivity index (χ4n) is 2.04. The number of anilines is 2. The maximum atomic E-state index is 5.96. The van der Waals surface area contributed by atoms with Crippen LogP contribution in [0.25, 0.3) is 0 Å². The molecule has 21 heavy (non-hydrogen) atoms. The van der Waals surface area contributed by atoms with Crippen LogP contribution in [-0.2, 0) is 6.42 Å². The second-order valence-corrected chi connectivity index (χ2v) is 5.96. The molecule has 0 amide bonds. The van der Waals surface area contributed by atoms with E-state index in [1.54, 1.807) is 0 Å². The Kier molecular flexibility index (Phi) is 7.43. The molecule has 0 aliphatic rings. The van der Waals surface area contributed by atoms with Crippen molar-refractivity contribution in [2.24, 2.45) is 0 Å². The molecule has 1 rings (SSSR count). The molecular weight excluding hydrogens is 262 g/mol. The van der Waals surface area contributed by atoms with Gasteiger partial charge in [0.25, 0.3) is 0 Å². The van der Waals surface area contributed by atoms with Crippen molar-refractivity contribution in [3.8, 4) is 0 Å². The third-order valence-corrected chi connectivity index (χ3v) is 3.81. The van der Waals surface area contributed by atoms with Crippen molar-refractivity contribution >= 4 is 11.6 Å². The number of rotatable bonds is 9. The van der Waals surface area contributed by atoms with Gasteiger partial charge in [-0.15, -0.1) is 0 Å². The summed E-state index contributed by atoms with van der Waals surface area (Å²) in [5, 5.41) is 3.41. The van der Waals surface area contributed by atoms with Crippen molar-refractivity contribution in [1.82, 2.24) is 14.9 Å². The van der Waals surface area contributed by atoms with Gasteiger partial charge in [-0.25, -0.2) is 9.97 Å². The van der Waals surface area contributed by atoms with Crippen molar-refractivity contribution in [2.45, 2.75) is 59.4 Å². The van der Waals surface area contributed by atoms with E-state index in [0.717, 1.165) is 49.6 Å². The molecule has 1 heterocycles. The van der Waals surface area contributed by atoms with Crippen molar-refractivity contribution in [1.29, 1.82) is 0 Å². The molecule has 0 spiro atoms. The molecule has 0 atom stereocenters. The van der Waals surface area contributed by atoms with Gasteiger partial charge >= 0.3 is 0 Å². The van der Waals surface area contributed by atoms with Crippen LogP contribution in [0, 0.1) is 6.92 Å². The molecule has 1 aromatic rings. The SMILES string of the molecule is CCCc1nc(N)c(C)c(NCCCCN(C)C(C)C)n1. The van der Waals surface area contributed by atoms with Gasteiger partial charge in [0.15, 0.2) is 0 Å². The molecular formula is C16H31N5. The largest absolute Gasteiger partial charge is 0.383 e. The van der Waals surface area contributed by atoms with Gasteiger partial charge in [-0.3, -0.25) is 0 Å². The van der Waals surface area contributed by atoms with Crippen LogP contribution in [-0.4, -0.2) is 41.0 Å². The van der Waals surface area contributed by atoms with Crippen LogP contribution in [0.4, 0.5) is 11.6 Å². The summed E-state index contributed by atoms with van der Waals surface area (Å²) in [7, 11) is 2.17. The number of unbranched alkanes of at least 4 members (excludes halogenated alkanes) is 1. The van der Waals surface area contributed by atoms with Gasteiger partial charge in [-0.2, -0.15) is 0 Å². The van der Waals surface area contributed by atoms with Crippen molar-refractivity contribution in [3.05, 3.63) is 11.4 Å². The molecule has 0 radical (unpaired) electrons. The van der Waals surface area contributed by atoms with E-state index in [2.05, 4.69) is 48.0 Å². The first-order chi connectivity index (χ1) is 9.95. The Morgan fingerprint density at radius 3 is 2.57 bits per heavy atom. The Hall–Kier alpha value is -1.36. The maximum Gasteiger partial charge on any atom is 0.134 e. The third-order valence-electron chi connectivity index (χ3n) is 3.81. The van der Waals surface area contributed by atoms with E-state index in [0.29, 0.717) is 11.9 Å². The molecule has 0 saturated heterocycles. The average molecular weight is 293 g/mol. The molecule has 0 aliphatic heterocycles. The lowest BCUT2D eigenvalue weighted by molar-refractivity contribution is 0.269. The topological polar surface area (TPSA) is 67.1 Å². The molecule has 5 nitrogen and oxygen atoms in total. The molecule has 0 bridgehead atoms. The predicted octanol–water partition coefficient (Wildman–Crippen LogP) is 2.85. The fraction of sp³-hybridized carbons (Fsp3) is 0.750. The predicted molar refractivity (Wildman–Crippen MR) is 90.7 cm³/mol. The van der Waals surface area contributed by atoms with Crippen molar-refractivity contribution in [3.63, 3.8) is 0 Å². The van der Waals surface area contributed by atoms with Crippen LogP contribution in [0.1, 0.15) is 51.4 Å². The number of nitrogens with one attached hydrogen (secondary N) is 1. The summed E-state index contributed by atoms with van der Waals surface area (Å²) >= 11 is 0. The standard InChI is InChI=1S/C16H31N5/c1-6-9-14-19-15(17)13(4)16(20-14)18-10-7-8-11-21(5)12(2)3/h12H,6-11H2,1-5H3,(H3,17,18,19,20). The molecule has 1 aromatic heterocycles. The smallest absolute Gasteiger partial charge is 0.134 e. The number of nitrogens with two attached hydrogens (primary N) is 1. The Balaban J connectivity index is 2.44. The van der Waals surface area contributed by atoms with Crippen LogP contribution in [0.15, 0.2) is 0 Å². The lowest BCUT2D eigenvalue weighted by Crippen LogP contribution is -2.27. The minimum absolute atomic E-state index is 0.593. The number of nitrogens with zero attached hydrogens (tertiary/aromatic N) is 3. The van der Waals surface area contributed by atoms with Gasteiger partial charge in [0.05, 0.1) is 0 Å². The molecule has 0 fully saturated rings. The van der Waals surface area contributed by atoms with Crippen LogP contribution >= 0.6 is 0 Å². The molecule has 5 heteroatoms. The molecule has 0 aromatic carbocycles. The Bertz CT molecular complexity index is 431. The summed E-state index contributed by atoms with van der Waals surface area (Å²) in [6.07, 6.45) is 4.22. The van der Waals surface area contributed by atoms with Crippen molar-refractivity contribution in [2.75, 3.05) is 31.2 Å². The Labute approximate surface area is 129 Å². The van der Waals surface area contributed by atoms with Gasteiger partial charge < -0.3 is 16.0 Å². The zero-order valence-electron chi connectivity index (χ0n) is 14.2. The first-order valence-corrected chi connectivity index (χ1v) is 8.02. The van der Waals surface area contributed by atoms with Crippen LogP contribution in [0.2, 0.25) is 0 Å². The van der Waals surface area contributed by atoms with Crippen LogP contribution < -0.4 is 11.1 Å². The molecule has 0 saturated carbocycles. The summed E-state index contributed by atoms with van der Waals surface area (Å²) in [5.74, 6) is 2.32. The summed E-state index contributed by atoms with van der Waals surface area (Å²) in [6.45, 7) is 10.6. The summed E-state index contributed by atoms with van der Waals surface area (Å²) in [5.41, 5.74) is 6.91. The minimum atomic E-state index is 0.593. The van der Waals surface area contributed by atoms with Gasteiger partial charge in [-0.1, -0.05) is 6.92 Å². The number of aryl methyl sites for hydroxylation is 1. The zero-order valence-corrected chi connectivity index (χ0v) is 14.2. The normalized spacial score (nSPS) is 11.4. The van der Waals surface area contributed by atoms with Gasteiger partial charge in [0, 0.05) is 24.6 Å². The highest BCUT2D eigenvalue weighted by Gasteiger charge is 2.08. The monoisotopic (exact) mass is 293 g/mol. The Morgan fingerprint density at radius 2 is 1.95 bits per heavy atom. The first-order valence-electron chi connectivity index (χ1n) is 8.02. The molecule has 3 N–H and O–H groups in total. The van der Waals surface area contributed by atoms with Gasteiger partial charge in [0.2, 0.25) is 0 Å². The number of hydrogen-bond acceptors (Lipinski definition) is 5. The number of hydrogen-bond donors (Lipinski definition) is 2. The van der Waals surface area contributed by atoms with Crippen molar-refractivity contribution < 1.29 is 0 Å². The van der Waals surface area contributed by atoms with Crippen LogP contribution in [0.5, 0.6) is 0 Å². The highest BCUT2D eigenvalue weighted by molar-refractivity contribution is 5.54. The van der Waals surface area contributed by atoms with E-state index in [9.17, 15) is 0 Å². The molecule has 120 valence electrons. The van der Waals surface area contributed by atoms with E-state index in [-0.39, 0.29) is 0 Å². The zero-order chi connectivity index (χ0) is 15.8. The molecule has 0 aliphatic carbocycles. The minimum Gasteiger partial charge on any atom is -0.383 e. The average Bonchev–Trinajstić information content (AvgIpc) is 2.43. The first kappa shape index (κ1) is 17.7. The summed E-state index contributed by atoms with van der Waals surface area (Å²) in [6, 6.07) is 0.610. The third kappa shape index (κ3) is 5.87. The second-order valence-electron chi connectivity index (χ2n) is 5.96. The maximum absolute atomic E-state index is 5.96. The van der Waals surface area contributed by atoms with E-state index >= 15 is 0 Å². The van der Waals surface area contributed by atoms with Crippen LogP contribution in [0.3, 0.4) is 0 Å². The molecule has 0 unspecified atom stereocenters. The lowest BCUT2D eigenvalue weighted by Gasteiger charge is -2.20. The summed E-state index contributed by atoms with van der Waals surface area (Å²) < 4.78 is 0. The quantitative estimate of drug-likeness (QED) is 0.685. The Morgan fingerprint density at radius 1 is 1.24 bits per heavy atom. The van der Waals surface area contributed by atoms with E-state index < -0.39 is 0 Å².